The normalized spacial score (nSPS) is 13.5. The number of aromatic nitrogens is 2. The Balaban J connectivity index is 2.94. The molecule has 1 heterocycles. The van der Waals surface area contributed by atoms with E-state index in [0.717, 1.165) is 23.7 Å². The van der Waals surface area contributed by atoms with Gasteiger partial charge in [0.1, 0.15) is 0 Å². The number of benzene rings is 1. The van der Waals surface area contributed by atoms with Crippen molar-refractivity contribution in [2.75, 3.05) is 0 Å². The molecular weight excluding hydrogens is 312 g/mol. The third-order valence-corrected chi connectivity index (χ3v) is 5.09. The molecule has 0 unspecified atom stereocenters. The molecule has 5 nitrogen and oxygen atoms in total. The van der Waals surface area contributed by atoms with E-state index >= 15 is 0 Å². The molecule has 0 aliphatic carbocycles. The standard InChI is InChI=1S/C17H24N2O3S/c1-7-17(5,6)12-9-8-11(16(2,3)4)14-15(12)19-13(10-18-14)23(20,21)22/h8-10H,7H2,1-6H3,(H,20,21,22). The van der Waals surface area contributed by atoms with Gasteiger partial charge in [0, 0.05) is 0 Å². The first-order chi connectivity index (χ1) is 10.4. The Bertz CT molecular complexity index is 850. The molecule has 1 N–H and O–H groups in total. The Morgan fingerprint density at radius 1 is 1.04 bits per heavy atom. The van der Waals surface area contributed by atoms with Crippen LogP contribution < -0.4 is 0 Å². The maximum atomic E-state index is 11.4. The van der Waals surface area contributed by atoms with Crippen LogP contribution in [0.4, 0.5) is 0 Å². The zero-order chi connectivity index (χ0) is 17.6. The number of hydrogen-bond donors (Lipinski definition) is 1. The summed E-state index contributed by atoms with van der Waals surface area (Å²) in [4.78, 5) is 8.56. The molecule has 0 bridgehead atoms. The zero-order valence-corrected chi connectivity index (χ0v) is 15.3. The van der Waals surface area contributed by atoms with Crippen LogP contribution in [0.5, 0.6) is 0 Å². The first-order valence-electron chi connectivity index (χ1n) is 7.66. The second-order valence-electron chi connectivity index (χ2n) is 7.53. The Kier molecular flexibility index (Phi) is 4.28. The second kappa shape index (κ2) is 5.53. The Hall–Kier alpha value is -1.53. The highest BCUT2D eigenvalue weighted by Gasteiger charge is 2.27. The van der Waals surface area contributed by atoms with Gasteiger partial charge >= 0.3 is 10.1 Å². The van der Waals surface area contributed by atoms with Crippen molar-refractivity contribution >= 4 is 21.2 Å². The minimum atomic E-state index is -4.39. The van der Waals surface area contributed by atoms with Gasteiger partial charge < -0.3 is 0 Å². The maximum Gasteiger partial charge on any atom is 0.313 e. The smallest absolute Gasteiger partial charge is 0.281 e. The van der Waals surface area contributed by atoms with Crippen LogP contribution in [0.3, 0.4) is 0 Å². The van der Waals surface area contributed by atoms with Gasteiger partial charge in [-0.25, -0.2) is 4.98 Å². The highest BCUT2D eigenvalue weighted by molar-refractivity contribution is 7.85. The van der Waals surface area contributed by atoms with Crippen LogP contribution in [0.15, 0.2) is 23.4 Å². The lowest BCUT2D eigenvalue weighted by Crippen LogP contribution is -2.20. The summed E-state index contributed by atoms with van der Waals surface area (Å²) in [5, 5.41) is -0.413. The van der Waals surface area contributed by atoms with Crippen LogP contribution in [0, 0.1) is 0 Å². The van der Waals surface area contributed by atoms with E-state index < -0.39 is 15.1 Å². The van der Waals surface area contributed by atoms with Crippen molar-refractivity contribution in [1.29, 1.82) is 0 Å². The van der Waals surface area contributed by atoms with Gasteiger partial charge in [0.15, 0.2) is 0 Å². The van der Waals surface area contributed by atoms with Gasteiger partial charge in [-0.1, -0.05) is 53.7 Å². The molecule has 1 aromatic heterocycles. The van der Waals surface area contributed by atoms with E-state index in [-0.39, 0.29) is 10.8 Å². The predicted molar refractivity (Wildman–Crippen MR) is 91.4 cm³/mol. The van der Waals surface area contributed by atoms with Gasteiger partial charge in [0.25, 0.3) is 0 Å². The van der Waals surface area contributed by atoms with Gasteiger partial charge in [0.05, 0.1) is 17.2 Å². The van der Waals surface area contributed by atoms with E-state index in [1.54, 1.807) is 0 Å². The number of rotatable bonds is 3. The molecule has 0 aliphatic heterocycles. The summed E-state index contributed by atoms with van der Waals surface area (Å²) < 4.78 is 32.2. The van der Waals surface area contributed by atoms with E-state index in [1.165, 1.54) is 0 Å². The second-order valence-corrected chi connectivity index (χ2v) is 8.90. The summed E-state index contributed by atoms with van der Waals surface area (Å²) in [5.74, 6) is 0. The summed E-state index contributed by atoms with van der Waals surface area (Å²) in [6, 6.07) is 4.03. The fraction of sp³-hybridized carbons (Fsp3) is 0.529. The van der Waals surface area contributed by atoms with Crippen molar-refractivity contribution in [1.82, 2.24) is 9.97 Å². The van der Waals surface area contributed by atoms with Crippen LogP contribution in [-0.2, 0) is 20.9 Å². The summed E-state index contributed by atoms with van der Waals surface area (Å²) in [6.07, 6.45) is 1.99. The Morgan fingerprint density at radius 2 is 1.61 bits per heavy atom. The first-order valence-corrected chi connectivity index (χ1v) is 9.10. The summed E-state index contributed by atoms with van der Waals surface area (Å²) in [6.45, 7) is 12.5. The van der Waals surface area contributed by atoms with Gasteiger partial charge in [-0.2, -0.15) is 8.42 Å². The summed E-state index contributed by atoms with van der Waals surface area (Å²) >= 11 is 0. The molecule has 2 aromatic rings. The zero-order valence-electron chi connectivity index (χ0n) is 14.5. The molecule has 23 heavy (non-hydrogen) atoms. The van der Waals surface area contributed by atoms with Crippen molar-refractivity contribution in [3.8, 4) is 0 Å². The quantitative estimate of drug-likeness (QED) is 0.861. The fourth-order valence-corrected chi connectivity index (χ4v) is 2.94. The van der Waals surface area contributed by atoms with Crippen LogP contribution >= 0.6 is 0 Å². The average Bonchev–Trinajstić information content (AvgIpc) is 2.43. The lowest BCUT2D eigenvalue weighted by atomic mass is 9.78. The molecule has 0 amide bonds. The summed E-state index contributed by atoms with van der Waals surface area (Å²) in [5.41, 5.74) is 2.82. The minimum absolute atomic E-state index is 0.151. The Morgan fingerprint density at radius 3 is 2.09 bits per heavy atom. The first kappa shape index (κ1) is 17.8. The fourth-order valence-electron chi connectivity index (χ4n) is 2.55. The molecule has 6 heteroatoms. The van der Waals surface area contributed by atoms with Gasteiger partial charge in [-0.15, -0.1) is 0 Å². The Labute approximate surface area is 137 Å². The van der Waals surface area contributed by atoms with E-state index in [9.17, 15) is 13.0 Å². The monoisotopic (exact) mass is 336 g/mol. The van der Waals surface area contributed by atoms with E-state index in [0.29, 0.717) is 11.0 Å². The molecule has 0 radical (unpaired) electrons. The molecule has 0 saturated heterocycles. The topological polar surface area (TPSA) is 80.2 Å². The number of fused-ring (bicyclic) bond motifs is 1. The molecule has 0 aliphatic rings. The molecule has 1 aromatic carbocycles. The lowest BCUT2D eigenvalue weighted by Gasteiger charge is -2.27. The minimum Gasteiger partial charge on any atom is -0.281 e. The van der Waals surface area contributed by atoms with Crippen molar-refractivity contribution in [3.63, 3.8) is 0 Å². The van der Waals surface area contributed by atoms with Crippen LogP contribution in [-0.4, -0.2) is 22.9 Å². The van der Waals surface area contributed by atoms with Gasteiger partial charge in [-0.3, -0.25) is 9.54 Å². The highest BCUT2D eigenvalue weighted by atomic mass is 32.2. The lowest BCUT2D eigenvalue weighted by molar-refractivity contribution is 0.478. The van der Waals surface area contributed by atoms with Crippen LogP contribution in [0.1, 0.15) is 59.1 Å². The maximum absolute atomic E-state index is 11.4. The largest absolute Gasteiger partial charge is 0.313 e. The van der Waals surface area contributed by atoms with Crippen molar-refractivity contribution < 1.29 is 13.0 Å². The third kappa shape index (κ3) is 3.38. The SMILES string of the molecule is CCC(C)(C)c1ccc(C(C)(C)C)c2ncc(S(=O)(=O)O)nc12. The number of nitrogens with zero attached hydrogens (tertiary/aromatic N) is 2. The molecule has 0 saturated carbocycles. The molecule has 126 valence electrons. The van der Waals surface area contributed by atoms with Crippen molar-refractivity contribution in [2.24, 2.45) is 0 Å². The van der Waals surface area contributed by atoms with Gasteiger partial charge in [0.2, 0.25) is 5.03 Å². The van der Waals surface area contributed by atoms with E-state index in [4.69, 9.17) is 0 Å². The molecular formula is C17H24N2O3S. The highest BCUT2D eigenvalue weighted by Crippen LogP contribution is 2.36. The third-order valence-electron chi connectivity index (χ3n) is 4.36. The van der Waals surface area contributed by atoms with Crippen LogP contribution in [0.2, 0.25) is 0 Å². The van der Waals surface area contributed by atoms with Crippen molar-refractivity contribution in [3.05, 3.63) is 29.5 Å². The van der Waals surface area contributed by atoms with Gasteiger partial charge in [-0.05, 0) is 28.4 Å². The molecule has 0 fully saturated rings. The predicted octanol–water partition coefficient (Wildman–Crippen LogP) is 3.86. The average molecular weight is 336 g/mol. The van der Waals surface area contributed by atoms with Crippen LogP contribution in [0.25, 0.3) is 11.0 Å². The molecule has 0 spiro atoms. The van der Waals surface area contributed by atoms with E-state index in [2.05, 4.69) is 51.5 Å². The van der Waals surface area contributed by atoms with Crippen molar-refractivity contribution in [2.45, 2.75) is 63.8 Å². The summed E-state index contributed by atoms with van der Waals surface area (Å²) in [7, 11) is -4.39. The molecule has 0 atom stereocenters. The number of hydrogen-bond acceptors (Lipinski definition) is 4. The van der Waals surface area contributed by atoms with E-state index in [1.807, 2.05) is 12.1 Å². The molecule has 2 rings (SSSR count).